The van der Waals surface area contributed by atoms with Crippen LogP contribution < -0.4 is 10.1 Å². The minimum absolute atomic E-state index is 0.145. The van der Waals surface area contributed by atoms with E-state index in [4.69, 9.17) is 9.47 Å². The molecular weight excluding hydrogens is 250 g/mol. The van der Waals surface area contributed by atoms with Gasteiger partial charge < -0.3 is 14.8 Å². The third-order valence-corrected chi connectivity index (χ3v) is 3.98. The Morgan fingerprint density at radius 1 is 1.35 bits per heavy atom. The van der Waals surface area contributed by atoms with Crippen molar-refractivity contribution in [2.75, 3.05) is 20.3 Å². The van der Waals surface area contributed by atoms with Crippen molar-refractivity contribution in [1.29, 1.82) is 0 Å². The minimum Gasteiger partial charge on any atom is -0.493 e. The molecule has 2 unspecified atom stereocenters. The summed E-state index contributed by atoms with van der Waals surface area (Å²) in [5.74, 6) is 1.52. The first kappa shape index (κ1) is 15.3. The lowest BCUT2D eigenvalue weighted by Crippen LogP contribution is -2.37. The Hall–Kier alpha value is -1.06. The zero-order valence-corrected chi connectivity index (χ0v) is 13.1. The first-order chi connectivity index (χ1) is 9.69. The fourth-order valence-corrected chi connectivity index (χ4v) is 3.08. The van der Waals surface area contributed by atoms with Crippen LogP contribution >= 0.6 is 0 Å². The summed E-state index contributed by atoms with van der Waals surface area (Å²) >= 11 is 0. The van der Waals surface area contributed by atoms with E-state index >= 15 is 0 Å². The topological polar surface area (TPSA) is 30.5 Å². The van der Waals surface area contributed by atoms with Crippen molar-refractivity contribution in [3.8, 4) is 5.75 Å². The summed E-state index contributed by atoms with van der Waals surface area (Å²) in [6.45, 7) is 8.28. The van der Waals surface area contributed by atoms with Crippen LogP contribution in [0.25, 0.3) is 0 Å². The smallest absolute Gasteiger partial charge is 0.127 e. The summed E-state index contributed by atoms with van der Waals surface area (Å²) < 4.78 is 11.7. The van der Waals surface area contributed by atoms with E-state index in [0.717, 1.165) is 31.7 Å². The average molecular weight is 277 g/mol. The zero-order valence-electron chi connectivity index (χ0n) is 13.1. The summed E-state index contributed by atoms with van der Waals surface area (Å²) in [6, 6.07) is 6.67. The van der Waals surface area contributed by atoms with E-state index in [0.29, 0.717) is 5.92 Å². The van der Waals surface area contributed by atoms with E-state index in [1.165, 1.54) is 11.1 Å². The molecule has 1 aliphatic heterocycles. The number of nitrogens with one attached hydrogen (secondary N) is 1. The van der Waals surface area contributed by atoms with Crippen molar-refractivity contribution in [3.63, 3.8) is 0 Å². The second kappa shape index (κ2) is 7.09. The van der Waals surface area contributed by atoms with Crippen molar-refractivity contribution in [2.45, 2.75) is 45.8 Å². The fraction of sp³-hybridized carbons (Fsp3) is 0.647. The number of fused-ring (bicyclic) bond motifs is 1. The molecule has 1 heterocycles. The SMILES string of the molecule is CCNC(c1cccc2c1OCCC2)C(OC)C(C)C. The number of hydrogen-bond acceptors (Lipinski definition) is 3. The number of para-hydroxylation sites is 1. The Morgan fingerprint density at radius 3 is 2.80 bits per heavy atom. The molecule has 112 valence electrons. The number of aryl methyl sites for hydroxylation is 1. The zero-order chi connectivity index (χ0) is 14.5. The van der Waals surface area contributed by atoms with Gasteiger partial charge in [0.1, 0.15) is 5.75 Å². The van der Waals surface area contributed by atoms with Crippen molar-refractivity contribution >= 4 is 0 Å². The van der Waals surface area contributed by atoms with Crippen LogP contribution in [0.15, 0.2) is 18.2 Å². The molecule has 1 aromatic rings. The molecule has 0 aliphatic carbocycles. The van der Waals surface area contributed by atoms with E-state index in [2.05, 4.69) is 44.3 Å². The number of hydrogen-bond donors (Lipinski definition) is 1. The lowest BCUT2D eigenvalue weighted by atomic mass is 9.90. The highest BCUT2D eigenvalue weighted by Gasteiger charge is 2.29. The lowest BCUT2D eigenvalue weighted by molar-refractivity contribution is 0.0321. The Morgan fingerprint density at radius 2 is 2.15 bits per heavy atom. The summed E-state index contributed by atoms with van der Waals surface area (Å²) in [5.41, 5.74) is 2.57. The molecule has 0 spiro atoms. The predicted octanol–water partition coefficient (Wildman–Crippen LogP) is 3.33. The van der Waals surface area contributed by atoms with Crippen molar-refractivity contribution in [2.24, 2.45) is 5.92 Å². The molecule has 0 bridgehead atoms. The van der Waals surface area contributed by atoms with Gasteiger partial charge in [0, 0.05) is 12.7 Å². The van der Waals surface area contributed by atoms with Gasteiger partial charge in [0.25, 0.3) is 0 Å². The lowest BCUT2D eigenvalue weighted by Gasteiger charge is -2.32. The van der Waals surface area contributed by atoms with Crippen LogP contribution in [-0.2, 0) is 11.2 Å². The molecule has 0 amide bonds. The highest BCUT2D eigenvalue weighted by atomic mass is 16.5. The maximum atomic E-state index is 5.96. The van der Waals surface area contributed by atoms with Gasteiger partial charge in [-0.25, -0.2) is 0 Å². The Bertz CT molecular complexity index is 431. The monoisotopic (exact) mass is 277 g/mol. The third-order valence-electron chi connectivity index (χ3n) is 3.98. The van der Waals surface area contributed by atoms with Crippen molar-refractivity contribution in [1.82, 2.24) is 5.32 Å². The first-order valence-corrected chi connectivity index (χ1v) is 7.69. The molecule has 0 radical (unpaired) electrons. The molecule has 1 aliphatic rings. The standard InChI is InChI=1S/C17H27NO2/c1-5-18-15(16(19-4)12(2)3)14-10-6-8-13-9-7-11-20-17(13)14/h6,8,10,12,15-16,18H,5,7,9,11H2,1-4H3. The van der Waals surface area contributed by atoms with E-state index in [9.17, 15) is 0 Å². The van der Waals surface area contributed by atoms with Crippen LogP contribution in [-0.4, -0.2) is 26.4 Å². The largest absolute Gasteiger partial charge is 0.493 e. The van der Waals surface area contributed by atoms with Gasteiger partial charge in [0.15, 0.2) is 0 Å². The molecule has 3 heteroatoms. The number of methoxy groups -OCH3 is 1. The van der Waals surface area contributed by atoms with Crippen LogP contribution in [0.1, 0.15) is 44.4 Å². The molecule has 3 nitrogen and oxygen atoms in total. The van der Waals surface area contributed by atoms with Gasteiger partial charge in [-0.05, 0) is 30.9 Å². The highest BCUT2D eigenvalue weighted by molar-refractivity contribution is 5.45. The van der Waals surface area contributed by atoms with Crippen molar-refractivity contribution in [3.05, 3.63) is 29.3 Å². The molecule has 0 saturated heterocycles. The van der Waals surface area contributed by atoms with Gasteiger partial charge >= 0.3 is 0 Å². The van der Waals surface area contributed by atoms with E-state index < -0.39 is 0 Å². The normalized spacial score (nSPS) is 17.4. The highest BCUT2D eigenvalue weighted by Crippen LogP contribution is 2.36. The maximum absolute atomic E-state index is 5.96. The van der Waals surface area contributed by atoms with Gasteiger partial charge in [-0.1, -0.05) is 39.0 Å². The second-order valence-corrected chi connectivity index (χ2v) is 5.77. The minimum atomic E-state index is 0.145. The van der Waals surface area contributed by atoms with Crippen molar-refractivity contribution < 1.29 is 9.47 Å². The van der Waals surface area contributed by atoms with E-state index in [-0.39, 0.29) is 12.1 Å². The van der Waals surface area contributed by atoms with Crippen LogP contribution in [0.5, 0.6) is 5.75 Å². The van der Waals surface area contributed by atoms with E-state index in [1.54, 1.807) is 7.11 Å². The molecule has 0 saturated carbocycles. The predicted molar refractivity (Wildman–Crippen MR) is 82.3 cm³/mol. The average Bonchev–Trinajstić information content (AvgIpc) is 2.46. The second-order valence-electron chi connectivity index (χ2n) is 5.77. The summed E-state index contributed by atoms with van der Waals surface area (Å²) in [5, 5.41) is 3.58. The van der Waals surface area contributed by atoms with E-state index in [1.807, 2.05) is 0 Å². The van der Waals surface area contributed by atoms with Gasteiger partial charge in [-0.2, -0.15) is 0 Å². The first-order valence-electron chi connectivity index (χ1n) is 7.69. The number of benzene rings is 1. The molecule has 20 heavy (non-hydrogen) atoms. The number of likely N-dealkylation sites (N-methyl/N-ethyl adjacent to an activating group) is 1. The summed E-state index contributed by atoms with van der Waals surface area (Å²) in [7, 11) is 1.80. The molecule has 0 aromatic heterocycles. The maximum Gasteiger partial charge on any atom is 0.127 e. The Labute approximate surface area is 122 Å². The number of ether oxygens (including phenoxy) is 2. The third kappa shape index (κ3) is 3.15. The number of rotatable bonds is 6. The van der Waals surface area contributed by atoms with Crippen LogP contribution in [0.4, 0.5) is 0 Å². The molecule has 2 rings (SSSR count). The van der Waals surface area contributed by atoms with Crippen LogP contribution in [0.3, 0.4) is 0 Å². The molecule has 1 N–H and O–H groups in total. The summed E-state index contributed by atoms with van der Waals surface area (Å²) in [4.78, 5) is 0. The Balaban J connectivity index is 2.38. The van der Waals surface area contributed by atoms with Gasteiger partial charge in [-0.15, -0.1) is 0 Å². The summed E-state index contributed by atoms with van der Waals surface area (Å²) in [6.07, 6.45) is 2.37. The van der Waals surface area contributed by atoms with Gasteiger partial charge in [0.2, 0.25) is 0 Å². The molecule has 1 aromatic carbocycles. The van der Waals surface area contributed by atoms with Crippen LogP contribution in [0, 0.1) is 5.92 Å². The molecular formula is C17H27NO2. The quantitative estimate of drug-likeness (QED) is 0.865. The van der Waals surface area contributed by atoms with Gasteiger partial charge in [-0.3, -0.25) is 0 Å². The molecule has 2 atom stereocenters. The van der Waals surface area contributed by atoms with Crippen LogP contribution in [0.2, 0.25) is 0 Å². The molecule has 0 fully saturated rings. The Kier molecular flexibility index (Phi) is 5.44. The van der Waals surface area contributed by atoms with Gasteiger partial charge in [0.05, 0.1) is 18.8 Å². The fourth-order valence-electron chi connectivity index (χ4n) is 3.08.